The first-order valence-electron chi connectivity index (χ1n) is 14.7. The van der Waals surface area contributed by atoms with Gasteiger partial charge < -0.3 is 14.9 Å². The van der Waals surface area contributed by atoms with Crippen molar-refractivity contribution in [2.45, 2.75) is 57.5 Å². The van der Waals surface area contributed by atoms with Crippen LogP contribution in [-0.4, -0.2) is 47.6 Å². The molecule has 0 radical (unpaired) electrons. The van der Waals surface area contributed by atoms with E-state index in [1.807, 2.05) is 18.2 Å². The molecule has 0 bridgehead atoms. The van der Waals surface area contributed by atoms with E-state index in [0.29, 0.717) is 0 Å². The number of rotatable bonds is 10. The number of anilines is 1. The van der Waals surface area contributed by atoms with E-state index in [9.17, 15) is 9.90 Å². The zero-order valence-electron chi connectivity index (χ0n) is 21.8. The molecule has 1 aromatic rings. The molecule has 6 aliphatic rings. The molecule has 36 heavy (non-hydrogen) atoms. The van der Waals surface area contributed by atoms with Crippen LogP contribution in [-0.2, 0) is 0 Å². The Morgan fingerprint density at radius 2 is 1.83 bits per heavy atom. The molecule has 7 rings (SSSR count). The lowest BCUT2D eigenvalue weighted by atomic mass is 10.1. The molecule has 1 saturated heterocycles. The van der Waals surface area contributed by atoms with E-state index < -0.39 is 5.60 Å². The lowest BCUT2D eigenvalue weighted by molar-refractivity contribution is 0.104. The standard InChI is InChI=1S/C32H42N2O2/c1-3-14-33(20(2)32(36)12-13-32)15-5-4-6-28(35)21-7-9-23(10-8-21)34-16-11-24-29-25-17-22(25)18-26-27(19-34)30(26)31(24)29/h4,6-10,22,24-27,29-31,36H,2-3,5,11-19H2,1H3. The first kappa shape index (κ1) is 23.1. The first-order valence-corrected chi connectivity index (χ1v) is 14.7. The van der Waals surface area contributed by atoms with Gasteiger partial charge in [0.1, 0.15) is 5.60 Å². The second-order valence-corrected chi connectivity index (χ2v) is 12.9. The van der Waals surface area contributed by atoms with Crippen molar-refractivity contribution in [2.75, 3.05) is 31.1 Å². The fraction of sp³-hybridized carbons (Fsp3) is 0.656. The lowest BCUT2D eigenvalue weighted by Gasteiger charge is -2.29. The number of nitrogens with zero attached hydrogens (tertiary/aromatic N) is 2. The highest BCUT2D eigenvalue weighted by atomic mass is 16.3. The Hall–Kier alpha value is -2.07. The van der Waals surface area contributed by atoms with Crippen LogP contribution in [0.4, 0.5) is 5.69 Å². The summed E-state index contributed by atoms with van der Waals surface area (Å²) in [6.07, 6.45) is 11.6. The Kier molecular flexibility index (Phi) is 5.43. The maximum Gasteiger partial charge on any atom is 0.185 e. The van der Waals surface area contributed by atoms with Crippen LogP contribution in [0, 0.1) is 47.3 Å². The van der Waals surface area contributed by atoms with E-state index in [1.165, 1.54) is 31.6 Å². The number of carbonyl (C=O) groups excluding carboxylic acids is 1. The number of hydrogen-bond acceptors (Lipinski definition) is 4. The summed E-state index contributed by atoms with van der Waals surface area (Å²) in [5.41, 5.74) is 2.24. The summed E-state index contributed by atoms with van der Waals surface area (Å²) in [5.74, 6) is 8.46. The van der Waals surface area contributed by atoms with E-state index in [2.05, 4.69) is 35.4 Å². The van der Waals surface area contributed by atoms with Crippen molar-refractivity contribution < 1.29 is 9.90 Å². The zero-order chi connectivity index (χ0) is 24.6. The third kappa shape index (κ3) is 3.95. The summed E-state index contributed by atoms with van der Waals surface area (Å²) >= 11 is 0. The van der Waals surface area contributed by atoms with Crippen molar-refractivity contribution in [1.82, 2.24) is 4.90 Å². The summed E-state index contributed by atoms with van der Waals surface area (Å²) in [6, 6.07) is 8.40. The van der Waals surface area contributed by atoms with Gasteiger partial charge in [0.15, 0.2) is 5.78 Å². The Bertz CT molecular complexity index is 1070. The Morgan fingerprint density at radius 1 is 1.08 bits per heavy atom. The van der Waals surface area contributed by atoms with Crippen molar-refractivity contribution in [2.24, 2.45) is 47.3 Å². The Labute approximate surface area is 216 Å². The van der Waals surface area contributed by atoms with Crippen LogP contribution in [0.1, 0.15) is 62.2 Å². The number of hydrogen-bond donors (Lipinski definition) is 1. The number of carbonyl (C=O) groups is 1. The summed E-state index contributed by atoms with van der Waals surface area (Å²) in [7, 11) is 0. The number of benzene rings is 1. The van der Waals surface area contributed by atoms with Gasteiger partial charge in [-0.05, 0) is 123 Å². The second kappa shape index (κ2) is 8.48. The van der Waals surface area contributed by atoms with Crippen molar-refractivity contribution >= 4 is 11.5 Å². The zero-order valence-corrected chi connectivity index (χ0v) is 21.8. The average molecular weight is 487 g/mol. The van der Waals surface area contributed by atoms with Gasteiger partial charge in [0.25, 0.3) is 0 Å². The summed E-state index contributed by atoms with van der Waals surface area (Å²) < 4.78 is 0. The highest BCUT2D eigenvalue weighted by molar-refractivity contribution is 6.04. The fourth-order valence-corrected chi connectivity index (χ4v) is 8.55. The predicted octanol–water partition coefficient (Wildman–Crippen LogP) is 5.54. The van der Waals surface area contributed by atoms with Crippen LogP contribution < -0.4 is 4.90 Å². The fourth-order valence-electron chi connectivity index (χ4n) is 8.55. The molecule has 1 N–H and O–H groups in total. The molecule has 0 amide bonds. The van der Waals surface area contributed by atoms with Gasteiger partial charge in [0, 0.05) is 43.1 Å². The minimum Gasteiger partial charge on any atom is -0.384 e. The molecular formula is C32H42N2O2. The van der Waals surface area contributed by atoms with Gasteiger partial charge >= 0.3 is 0 Å². The third-order valence-corrected chi connectivity index (χ3v) is 10.8. The van der Waals surface area contributed by atoms with Crippen molar-refractivity contribution in [3.05, 3.63) is 54.3 Å². The quantitative estimate of drug-likeness (QED) is 0.348. The summed E-state index contributed by atoms with van der Waals surface area (Å²) in [6.45, 7) is 10.4. The Morgan fingerprint density at radius 3 is 2.58 bits per heavy atom. The highest BCUT2D eigenvalue weighted by Crippen LogP contribution is 2.77. The van der Waals surface area contributed by atoms with E-state index >= 15 is 0 Å². The van der Waals surface area contributed by atoms with Crippen LogP contribution in [0.3, 0.4) is 0 Å². The summed E-state index contributed by atoms with van der Waals surface area (Å²) in [4.78, 5) is 17.6. The maximum atomic E-state index is 12.8. The highest BCUT2D eigenvalue weighted by Gasteiger charge is 2.73. The molecule has 0 spiro atoms. The van der Waals surface area contributed by atoms with Gasteiger partial charge in [-0.2, -0.15) is 0 Å². The molecule has 4 heteroatoms. The van der Waals surface area contributed by atoms with Crippen molar-refractivity contribution in [3.63, 3.8) is 0 Å². The number of fused-ring (bicyclic) bond motifs is 4. The first-order chi connectivity index (χ1) is 17.5. The van der Waals surface area contributed by atoms with E-state index in [4.69, 9.17) is 0 Å². The number of allylic oxidation sites excluding steroid dienone is 1. The van der Waals surface area contributed by atoms with E-state index in [1.54, 1.807) is 12.5 Å². The summed E-state index contributed by atoms with van der Waals surface area (Å²) in [5, 5.41) is 10.4. The van der Waals surface area contributed by atoms with Crippen LogP contribution in [0.2, 0.25) is 0 Å². The van der Waals surface area contributed by atoms with Crippen LogP contribution in [0.25, 0.3) is 0 Å². The number of ketones is 1. The van der Waals surface area contributed by atoms with Crippen LogP contribution in [0.15, 0.2) is 48.7 Å². The topological polar surface area (TPSA) is 43.8 Å². The molecule has 0 aromatic heterocycles. The van der Waals surface area contributed by atoms with Gasteiger partial charge in [-0.3, -0.25) is 4.79 Å². The normalized spacial score (nSPS) is 38.2. The molecule has 8 unspecified atom stereocenters. The van der Waals surface area contributed by atoms with Crippen LogP contribution in [0.5, 0.6) is 0 Å². The van der Waals surface area contributed by atoms with Crippen molar-refractivity contribution in [3.8, 4) is 0 Å². The lowest BCUT2D eigenvalue weighted by Crippen LogP contribution is -2.32. The maximum absolute atomic E-state index is 12.8. The van der Waals surface area contributed by atoms with Crippen LogP contribution >= 0.6 is 0 Å². The Balaban J connectivity index is 0.943. The van der Waals surface area contributed by atoms with Gasteiger partial charge in [-0.15, -0.1) is 0 Å². The molecule has 192 valence electrons. The SMILES string of the molecule is C=C(N(CCC)CCC=CC(=O)c1ccc(N2CCC3C4C5CC5CC5C(C2)C5C34)cc1)C1(O)CC1. The molecule has 1 heterocycles. The molecule has 4 nitrogen and oxygen atoms in total. The molecule has 5 aliphatic carbocycles. The minimum atomic E-state index is -0.678. The van der Waals surface area contributed by atoms with Gasteiger partial charge in [-0.1, -0.05) is 19.6 Å². The van der Waals surface area contributed by atoms with E-state index in [0.717, 1.165) is 97.4 Å². The predicted molar refractivity (Wildman–Crippen MR) is 144 cm³/mol. The molecule has 1 aliphatic heterocycles. The molecule has 8 atom stereocenters. The molecular weight excluding hydrogens is 444 g/mol. The minimum absolute atomic E-state index is 0.0759. The number of aliphatic hydroxyl groups is 1. The third-order valence-electron chi connectivity index (χ3n) is 10.8. The average Bonchev–Trinajstić information content (AvgIpc) is 3.69. The smallest absolute Gasteiger partial charge is 0.185 e. The second-order valence-electron chi connectivity index (χ2n) is 12.9. The molecule has 5 saturated carbocycles. The van der Waals surface area contributed by atoms with E-state index in [-0.39, 0.29) is 5.78 Å². The van der Waals surface area contributed by atoms with Crippen molar-refractivity contribution in [1.29, 1.82) is 0 Å². The molecule has 1 aromatic carbocycles. The monoisotopic (exact) mass is 486 g/mol. The van der Waals surface area contributed by atoms with Gasteiger partial charge in [0.05, 0.1) is 0 Å². The molecule has 6 fully saturated rings. The van der Waals surface area contributed by atoms with Gasteiger partial charge in [0.2, 0.25) is 0 Å². The van der Waals surface area contributed by atoms with Gasteiger partial charge in [-0.25, -0.2) is 0 Å². The largest absolute Gasteiger partial charge is 0.384 e.